The lowest BCUT2D eigenvalue weighted by molar-refractivity contribution is -0.130. The number of piperazine rings is 1. The van der Waals surface area contributed by atoms with E-state index < -0.39 is 17.6 Å². The average molecular weight is 233 g/mol. The monoisotopic (exact) mass is 233 g/mol. The van der Waals surface area contributed by atoms with Gasteiger partial charge in [-0.25, -0.2) is 4.39 Å². The van der Waals surface area contributed by atoms with E-state index >= 15 is 0 Å². The number of hydrogen-bond acceptors (Lipinski definition) is 4. The highest BCUT2D eigenvalue weighted by molar-refractivity contribution is 6.02. The lowest BCUT2D eigenvalue weighted by atomic mass is 10.2. The van der Waals surface area contributed by atoms with E-state index in [2.05, 4.69) is 5.32 Å². The Morgan fingerprint density at radius 1 is 1.29 bits per heavy atom. The van der Waals surface area contributed by atoms with E-state index in [1.165, 1.54) is 17.0 Å². The number of carbonyl (C=O) groups is 2. The zero-order valence-corrected chi connectivity index (χ0v) is 8.74. The van der Waals surface area contributed by atoms with Gasteiger partial charge in [0, 0.05) is 5.69 Å². The number of rotatable bonds is 1. The van der Waals surface area contributed by atoms with Crippen LogP contribution in [0.2, 0.25) is 0 Å². The first-order chi connectivity index (χ1) is 8.10. The van der Waals surface area contributed by atoms with E-state index in [9.17, 15) is 14.0 Å². The van der Waals surface area contributed by atoms with Gasteiger partial charge in [0.1, 0.15) is 11.9 Å². The largest absolute Gasteiger partial charge is 0.353 e. The third kappa shape index (κ3) is 2.23. The summed E-state index contributed by atoms with van der Waals surface area (Å²) in [5.41, 5.74) is 0.339. The van der Waals surface area contributed by atoms with Gasteiger partial charge < -0.3 is 4.90 Å². The van der Waals surface area contributed by atoms with Gasteiger partial charge >= 0.3 is 0 Å². The summed E-state index contributed by atoms with van der Waals surface area (Å²) in [6.45, 7) is -0.00579. The highest BCUT2D eigenvalue weighted by atomic mass is 19.1. The number of nitrogens with zero attached hydrogens (tertiary/aromatic N) is 2. The van der Waals surface area contributed by atoms with E-state index in [-0.39, 0.29) is 18.7 Å². The molecule has 1 aromatic carbocycles. The molecule has 1 N–H and O–H groups in total. The summed E-state index contributed by atoms with van der Waals surface area (Å²) >= 11 is 0. The average Bonchev–Trinajstić information content (AvgIpc) is 2.27. The van der Waals surface area contributed by atoms with Gasteiger partial charge in [-0.2, -0.15) is 5.26 Å². The van der Waals surface area contributed by atoms with Crippen molar-refractivity contribution in [2.75, 3.05) is 18.0 Å². The van der Waals surface area contributed by atoms with Gasteiger partial charge in [0.05, 0.1) is 18.7 Å². The molecule has 5 nitrogen and oxygen atoms in total. The fourth-order valence-electron chi connectivity index (χ4n) is 1.61. The highest BCUT2D eigenvalue weighted by Crippen LogP contribution is 2.18. The van der Waals surface area contributed by atoms with Gasteiger partial charge in [0.15, 0.2) is 0 Å². The summed E-state index contributed by atoms with van der Waals surface area (Å²) < 4.78 is 13.4. The molecular formula is C11H8FN3O2. The first-order valence-electron chi connectivity index (χ1n) is 4.87. The normalized spacial score (nSPS) is 15.4. The Morgan fingerprint density at radius 3 is 2.47 bits per heavy atom. The second-order valence-corrected chi connectivity index (χ2v) is 3.60. The van der Waals surface area contributed by atoms with Gasteiger partial charge in [-0.3, -0.25) is 14.9 Å². The minimum absolute atomic E-state index is 0.00290. The Balaban J connectivity index is 2.28. The third-order valence-electron chi connectivity index (χ3n) is 2.39. The predicted molar refractivity (Wildman–Crippen MR) is 56.5 cm³/mol. The standard InChI is InChI=1S/C11H8FN3O2/c12-9-3-8(2-1-7(9)4-13)15-5-10(16)14-11(17)6-15/h1-3H,5-6H2,(H,14,16,17). The number of anilines is 1. The zero-order chi connectivity index (χ0) is 12.4. The summed E-state index contributed by atoms with van der Waals surface area (Å²) in [5, 5.41) is 10.7. The molecule has 1 aliphatic rings. The number of nitrogens with one attached hydrogen (secondary N) is 1. The Morgan fingerprint density at radius 2 is 1.94 bits per heavy atom. The van der Waals surface area contributed by atoms with Gasteiger partial charge in [0.2, 0.25) is 11.8 Å². The van der Waals surface area contributed by atoms with Crippen molar-refractivity contribution in [1.82, 2.24) is 5.32 Å². The van der Waals surface area contributed by atoms with Crippen LogP contribution in [0.4, 0.5) is 10.1 Å². The quantitative estimate of drug-likeness (QED) is 0.701. The van der Waals surface area contributed by atoms with Crippen LogP contribution >= 0.6 is 0 Å². The minimum Gasteiger partial charge on any atom is -0.353 e. The first kappa shape index (κ1) is 11.1. The maximum Gasteiger partial charge on any atom is 0.246 e. The first-order valence-corrected chi connectivity index (χ1v) is 4.87. The molecular weight excluding hydrogens is 225 g/mol. The molecule has 1 saturated heterocycles. The smallest absolute Gasteiger partial charge is 0.246 e. The molecule has 0 aliphatic carbocycles. The van der Waals surface area contributed by atoms with Gasteiger partial charge in [-0.05, 0) is 18.2 Å². The molecule has 17 heavy (non-hydrogen) atoms. The third-order valence-corrected chi connectivity index (χ3v) is 2.39. The lowest BCUT2D eigenvalue weighted by Crippen LogP contribution is -2.51. The summed E-state index contributed by atoms with van der Waals surface area (Å²) in [4.78, 5) is 23.7. The topological polar surface area (TPSA) is 73.2 Å². The second kappa shape index (κ2) is 4.22. The van der Waals surface area contributed by atoms with Crippen LogP contribution in [0.3, 0.4) is 0 Å². The molecule has 0 saturated carbocycles. The van der Waals surface area contributed by atoms with Crippen molar-refractivity contribution in [3.8, 4) is 6.07 Å². The molecule has 6 heteroatoms. The van der Waals surface area contributed by atoms with Crippen molar-refractivity contribution in [3.05, 3.63) is 29.6 Å². The number of halogens is 1. The molecule has 1 heterocycles. The molecule has 1 aromatic rings. The maximum atomic E-state index is 13.4. The Labute approximate surface area is 96.4 Å². The van der Waals surface area contributed by atoms with E-state index in [1.54, 1.807) is 6.07 Å². The zero-order valence-electron chi connectivity index (χ0n) is 8.74. The van der Waals surface area contributed by atoms with Gasteiger partial charge in [0.25, 0.3) is 0 Å². The number of amides is 2. The van der Waals surface area contributed by atoms with Crippen LogP contribution in [0.5, 0.6) is 0 Å². The number of hydrogen-bond donors (Lipinski definition) is 1. The van der Waals surface area contributed by atoms with E-state index in [0.717, 1.165) is 6.07 Å². The number of imide groups is 1. The van der Waals surface area contributed by atoms with Crippen molar-refractivity contribution < 1.29 is 14.0 Å². The molecule has 0 spiro atoms. The SMILES string of the molecule is N#Cc1ccc(N2CC(=O)NC(=O)C2)cc1F. The summed E-state index contributed by atoms with van der Waals surface area (Å²) in [5.74, 6) is -1.51. The Kier molecular flexibility index (Phi) is 2.75. The van der Waals surface area contributed by atoms with E-state index in [0.29, 0.717) is 5.69 Å². The number of nitriles is 1. The van der Waals surface area contributed by atoms with Crippen LogP contribution in [0.1, 0.15) is 5.56 Å². The fraction of sp³-hybridized carbons (Fsp3) is 0.182. The minimum atomic E-state index is -0.663. The second-order valence-electron chi connectivity index (χ2n) is 3.60. The van der Waals surface area contributed by atoms with Crippen LogP contribution in [-0.2, 0) is 9.59 Å². The van der Waals surface area contributed by atoms with Crippen molar-refractivity contribution >= 4 is 17.5 Å². The molecule has 1 fully saturated rings. The van der Waals surface area contributed by atoms with Crippen molar-refractivity contribution in [3.63, 3.8) is 0 Å². The summed E-state index contributed by atoms with van der Waals surface area (Å²) in [6.07, 6.45) is 0. The molecule has 0 unspecified atom stereocenters. The molecule has 0 aromatic heterocycles. The molecule has 2 rings (SSSR count). The Hall–Kier alpha value is -2.42. The summed E-state index contributed by atoms with van der Waals surface area (Å²) in [7, 11) is 0. The molecule has 0 radical (unpaired) electrons. The molecule has 0 atom stereocenters. The predicted octanol–water partition coefficient (Wildman–Crippen LogP) is 0.160. The van der Waals surface area contributed by atoms with Gasteiger partial charge in [-0.15, -0.1) is 0 Å². The maximum absolute atomic E-state index is 13.4. The number of benzene rings is 1. The van der Waals surface area contributed by atoms with Crippen molar-refractivity contribution in [1.29, 1.82) is 5.26 Å². The summed E-state index contributed by atoms with van der Waals surface area (Å²) in [6, 6.07) is 5.68. The van der Waals surface area contributed by atoms with Crippen LogP contribution < -0.4 is 10.2 Å². The Bertz CT molecular complexity index is 520. The molecule has 2 amide bonds. The van der Waals surface area contributed by atoms with Crippen molar-refractivity contribution in [2.24, 2.45) is 0 Å². The van der Waals surface area contributed by atoms with Crippen LogP contribution in [0.25, 0.3) is 0 Å². The van der Waals surface area contributed by atoms with Crippen LogP contribution in [0, 0.1) is 17.1 Å². The van der Waals surface area contributed by atoms with Crippen LogP contribution in [0.15, 0.2) is 18.2 Å². The molecule has 0 bridgehead atoms. The molecule has 86 valence electrons. The van der Waals surface area contributed by atoms with Crippen molar-refractivity contribution in [2.45, 2.75) is 0 Å². The van der Waals surface area contributed by atoms with E-state index in [4.69, 9.17) is 5.26 Å². The van der Waals surface area contributed by atoms with Gasteiger partial charge in [-0.1, -0.05) is 0 Å². The lowest BCUT2D eigenvalue weighted by Gasteiger charge is -2.27. The van der Waals surface area contributed by atoms with E-state index in [1.807, 2.05) is 0 Å². The number of carbonyl (C=O) groups excluding carboxylic acids is 2. The van der Waals surface area contributed by atoms with Crippen LogP contribution in [-0.4, -0.2) is 24.9 Å². The molecule has 1 aliphatic heterocycles. The highest BCUT2D eigenvalue weighted by Gasteiger charge is 2.23. The fourth-order valence-corrected chi connectivity index (χ4v) is 1.61.